The average Bonchev–Trinajstić information content (AvgIpc) is 2.68. The Morgan fingerprint density at radius 3 is 3.00 bits per heavy atom. The van der Waals surface area contributed by atoms with E-state index in [0.29, 0.717) is 5.25 Å². The first-order valence-electron chi connectivity index (χ1n) is 7.29. The van der Waals surface area contributed by atoms with Gasteiger partial charge in [0.2, 0.25) is 0 Å². The molecule has 0 spiro atoms. The number of aromatic nitrogens is 2. The van der Waals surface area contributed by atoms with Gasteiger partial charge in [-0.3, -0.25) is 0 Å². The summed E-state index contributed by atoms with van der Waals surface area (Å²) in [5.74, 6) is 0.164. The molecule has 0 aliphatic heterocycles. The summed E-state index contributed by atoms with van der Waals surface area (Å²) < 4.78 is 0. The zero-order chi connectivity index (χ0) is 13.9. The van der Waals surface area contributed by atoms with Crippen LogP contribution in [0.4, 0.5) is 0 Å². The van der Waals surface area contributed by atoms with Gasteiger partial charge in [-0.2, -0.15) is 5.26 Å². The number of thioether (sulfide) groups is 1. The molecule has 0 amide bonds. The fraction of sp³-hybridized carbons (Fsp3) is 0.500. The molecule has 1 heterocycles. The van der Waals surface area contributed by atoms with Crippen molar-refractivity contribution in [2.45, 2.75) is 49.4 Å². The number of hydrogen-bond acceptors (Lipinski definition) is 3. The van der Waals surface area contributed by atoms with Gasteiger partial charge in [0.25, 0.3) is 0 Å². The van der Waals surface area contributed by atoms with Crippen molar-refractivity contribution in [1.82, 2.24) is 9.97 Å². The molecule has 3 rings (SSSR count). The SMILES string of the molecule is Cc1ccc2nc(SC3CCCCCC3C#N)[nH]c2c1. The van der Waals surface area contributed by atoms with Crippen molar-refractivity contribution in [3.8, 4) is 6.07 Å². The topological polar surface area (TPSA) is 52.5 Å². The van der Waals surface area contributed by atoms with Crippen LogP contribution in [0.15, 0.2) is 23.4 Å². The Hall–Kier alpha value is -1.47. The summed E-state index contributed by atoms with van der Waals surface area (Å²) in [6, 6.07) is 8.76. The first-order chi connectivity index (χ1) is 9.76. The lowest BCUT2D eigenvalue weighted by Gasteiger charge is -2.16. The van der Waals surface area contributed by atoms with E-state index >= 15 is 0 Å². The van der Waals surface area contributed by atoms with Crippen molar-refractivity contribution in [2.75, 3.05) is 0 Å². The molecule has 1 aliphatic rings. The van der Waals surface area contributed by atoms with Crippen LogP contribution in [0.3, 0.4) is 0 Å². The van der Waals surface area contributed by atoms with Crippen LogP contribution < -0.4 is 0 Å². The quantitative estimate of drug-likeness (QED) is 0.830. The minimum Gasteiger partial charge on any atom is -0.333 e. The first-order valence-corrected chi connectivity index (χ1v) is 8.17. The predicted molar refractivity (Wildman–Crippen MR) is 82.7 cm³/mol. The Morgan fingerprint density at radius 2 is 2.15 bits per heavy atom. The number of nitrogens with zero attached hydrogens (tertiary/aromatic N) is 2. The lowest BCUT2D eigenvalue weighted by molar-refractivity contribution is 0.584. The maximum Gasteiger partial charge on any atom is 0.166 e. The lowest BCUT2D eigenvalue weighted by atomic mass is 10.0. The lowest BCUT2D eigenvalue weighted by Crippen LogP contribution is -2.14. The molecular weight excluding hydrogens is 266 g/mol. The number of H-pyrrole nitrogens is 1. The average molecular weight is 285 g/mol. The highest BCUT2D eigenvalue weighted by atomic mass is 32.2. The largest absolute Gasteiger partial charge is 0.333 e. The first kappa shape index (κ1) is 13.5. The molecule has 0 bridgehead atoms. The Morgan fingerprint density at radius 1 is 1.30 bits per heavy atom. The highest BCUT2D eigenvalue weighted by Crippen LogP contribution is 2.35. The number of benzene rings is 1. The van der Waals surface area contributed by atoms with Crippen molar-refractivity contribution in [3.63, 3.8) is 0 Å². The smallest absolute Gasteiger partial charge is 0.166 e. The molecule has 0 radical (unpaired) electrons. The molecule has 1 aromatic carbocycles. The van der Waals surface area contributed by atoms with Crippen molar-refractivity contribution in [2.24, 2.45) is 5.92 Å². The van der Waals surface area contributed by atoms with Crippen molar-refractivity contribution < 1.29 is 0 Å². The number of aromatic amines is 1. The van der Waals surface area contributed by atoms with Crippen LogP contribution in [0.1, 0.15) is 37.7 Å². The van der Waals surface area contributed by atoms with Gasteiger partial charge in [-0.1, -0.05) is 37.1 Å². The summed E-state index contributed by atoms with van der Waals surface area (Å²) in [5.41, 5.74) is 3.34. The third kappa shape index (κ3) is 2.83. The number of imidazole rings is 1. The molecule has 0 saturated heterocycles. The van der Waals surface area contributed by atoms with Gasteiger partial charge in [0.15, 0.2) is 5.16 Å². The number of rotatable bonds is 2. The minimum atomic E-state index is 0.164. The van der Waals surface area contributed by atoms with Crippen molar-refractivity contribution in [3.05, 3.63) is 23.8 Å². The molecule has 104 valence electrons. The van der Waals surface area contributed by atoms with E-state index in [0.717, 1.165) is 29.0 Å². The number of hydrogen-bond donors (Lipinski definition) is 1. The van der Waals surface area contributed by atoms with E-state index in [1.807, 2.05) is 0 Å². The van der Waals surface area contributed by atoms with Crippen LogP contribution in [0.5, 0.6) is 0 Å². The second-order valence-corrected chi connectivity index (χ2v) is 6.82. The monoisotopic (exact) mass is 285 g/mol. The van der Waals surface area contributed by atoms with Gasteiger partial charge in [-0.05, 0) is 37.5 Å². The Balaban J connectivity index is 1.82. The summed E-state index contributed by atoms with van der Waals surface area (Å²) in [5, 5.41) is 10.7. The van der Waals surface area contributed by atoms with Crippen LogP contribution in [0, 0.1) is 24.2 Å². The predicted octanol–water partition coefficient (Wildman–Crippen LogP) is 4.44. The number of nitrogens with one attached hydrogen (secondary N) is 1. The molecule has 1 aliphatic carbocycles. The summed E-state index contributed by atoms with van der Waals surface area (Å²) in [4.78, 5) is 8.04. The highest BCUT2D eigenvalue weighted by Gasteiger charge is 2.25. The fourth-order valence-electron chi connectivity index (χ4n) is 2.86. The number of fused-ring (bicyclic) bond motifs is 1. The summed E-state index contributed by atoms with van der Waals surface area (Å²) in [6.07, 6.45) is 5.84. The zero-order valence-corrected chi connectivity index (χ0v) is 12.5. The van der Waals surface area contributed by atoms with Crippen LogP contribution in [-0.2, 0) is 0 Å². The molecular formula is C16H19N3S. The normalized spacial score (nSPS) is 23.4. The van der Waals surface area contributed by atoms with Crippen LogP contribution in [0.25, 0.3) is 11.0 Å². The van der Waals surface area contributed by atoms with E-state index in [9.17, 15) is 5.26 Å². The van der Waals surface area contributed by atoms with Crippen molar-refractivity contribution in [1.29, 1.82) is 5.26 Å². The molecule has 2 aromatic rings. The molecule has 4 heteroatoms. The minimum absolute atomic E-state index is 0.164. The van der Waals surface area contributed by atoms with Gasteiger partial charge in [-0.25, -0.2) is 4.98 Å². The molecule has 2 atom stereocenters. The van der Waals surface area contributed by atoms with Gasteiger partial charge in [0, 0.05) is 5.25 Å². The van der Waals surface area contributed by atoms with E-state index in [1.54, 1.807) is 11.8 Å². The van der Waals surface area contributed by atoms with Crippen LogP contribution >= 0.6 is 11.8 Å². The van der Waals surface area contributed by atoms with Gasteiger partial charge in [-0.15, -0.1) is 0 Å². The molecule has 3 nitrogen and oxygen atoms in total. The second kappa shape index (κ2) is 5.88. The van der Waals surface area contributed by atoms with E-state index in [1.165, 1.54) is 24.8 Å². The zero-order valence-electron chi connectivity index (χ0n) is 11.7. The standard InChI is InChI=1S/C16H19N3S/c1-11-7-8-13-14(9-11)19-16(18-13)20-15-6-4-2-3-5-12(15)10-17/h7-9,12,15H,2-6H2,1H3,(H,18,19). The van der Waals surface area contributed by atoms with Gasteiger partial charge >= 0.3 is 0 Å². The Bertz CT molecular complexity index is 641. The maximum atomic E-state index is 9.35. The fourth-order valence-corrected chi connectivity index (χ4v) is 4.11. The van der Waals surface area contributed by atoms with Gasteiger partial charge in [0.05, 0.1) is 23.0 Å². The van der Waals surface area contributed by atoms with E-state index < -0.39 is 0 Å². The van der Waals surface area contributed by atoms with E-state index in [-0.39, 0.29) is 5.92 Å². The molecule has 1 saturated carbocycles. The summed E-state index contributed by atoms with van der Waals surface area (Å²) in [6.45, 7) is 2.09. The Kier molecular flexibility index (Phi) is 3.98. The maximum absolute atomic E-state index is 9.35. The number of nitriles is 1. The van der Waals surface area contributed by atoms with E-state index in [2.05, 4.69) is 41.2 Å². The molecule has 2 unspecified atom stereocenters. The molecule has 1 N–H and O–H groups in total. The second-order valence-electron chi connectivity index (χ2n) is 5.59. The van der Waals surface area contributed by atoms with Gasteiger partial charge in [0.1, 0.15) is 0 Å². The highest BCUT2D eigenvalue weighted by molar-refractivity contribution is 7.99. The van der Waals surface area contributed by atoms with Crippen molar-refractivity contribution >= 4 is 22.8 Å². The molecule has 20 heavy (non-hydrogen) atoms. The summed E-state index contributed by atoms with van der Waals surface area (Å²) in [7, 11) is 0. The Labute approximate surface area is 123 Å². The molecule has 1 aromatic heterocycles. The van der Waals surface area contributed by atoms with E-state index in [4.69, 9.17) is 0 Å². The van der Waals surface area contributed by atoms with Gasteiger partial charge < -0.3 is 4.98 Å². The number of aryl methyl sites for hydroxylation is 1. The van der Waals surface area contributed by atoms with Crippen LogP contribution in [-0.4, -0.2) is 15.2 Å². The van der Waals surface area contributed by atoms with Crippen LogP contribution in [0.2, 0.25) is 0 Å². The molecule has 1 fully saturated rings. The third-order valence-electron chi connectivity index (χ3n) is 4.00. The third-order valence-corrected chi connectivity index (χ3v) is 5.28. The summed E-state index contributed by atoms with van der Waals surface area (Å²) >= 11 is 1.75.